The van der Waals surface area contributed by atoms with Gasteiger partial charge in [-0.25, -0.2) is 4.98 Å². The molecule has 1 fully saturated rings. The number of H-pyrrole nitrogens is 1. The van der Waals surface area contributed by atoms with E-state index in [4.69, 9.17) is 9.47 Å². The Morgan fingerprint density at radius 1 is 1.38 bits per heavy atom. The van der Waals surface area contributed by atoms with Gasteiger partial charge in [-0.3, -0.25) is 14.9 Å². The summed E-state index contributed by atoms with van der Waals surface area (Å²) in [4.78, 5) is 31.1. The van der Waals surface area contributed by atoms with Crippen LogP contribution < -0.4 is 10.1 Å². The summed E-state index contributed by atoms with van der Waals surface area (Å²) in [6.07, 6.45) is 1.92. The molecule has 1 saturated heterocycles. The number of nitrogens with zero attached hydrogens (tertiary/aromatic N) is 2. The van der Waals surface area contributed by atoms with E-state index in [9.17, 15) is 14.9 Å². The van der Waals surface area contributed by atoms with Crippen LogP contribution in [-0.2, 0) is 4.74 Å². The molecule has 1 atom stereocenters. The van der Waals surface area contributed by atoms with E-state index < -0.39 is 10.8 Å². The Morgan fingerprint density at radius 3 is 2.97 bits per heavy atom. The summed E-state index contributed by atoms with van der Waals surface area (Å²) >= 11 is 0. The number of nitro benzene ring substituents is 1. The molecule has 3 aromatic rings. The zero-order valence-electron chi connectivity index (χ0n) is 15.8. The van der Waals surface area contributed by atoms with Gasteiger partial charge in [-0.2, -0.15) is 0 Å². The van der Waals surface area contributed by atoms with E-state index in [-0.39, 0.29) is 23.1 Å². The van der Waals surface area contributed by atoms with Crippen LogP contribution in [0.1, 0.15) is 42.1 Å². The lowest BCUT2D eigenvalue weighted by Crippen LogP contribution is -2.12. The summed E-state index contributed by atoms with van der Waals surface area (Å²) in [6.45, 7) is 2.77. The first-order valence-electron chi connectivity index (χ1n) is 9.39. The second kappa shape index (κ2) is 7.88. The largest absolute Gasteiger partial charge is 0.487 e. The molecule has 1 aliphatic heterocycles. The summed E-state index contributed by atoms with van der Waals surface area (Å²) in [7, 11) is 0. The fourth-order valence-corrected chi connectivity index (χ4v) is 3.34. The van der Waals surface area contributed by atoms with Crippen molar-refractivity contribution >= 4 is 28.3 Å². The highest BCUT2D eigenvalue weighted by Gasteiger charge is 2.22. The zero-order valence-corrected chi connectivity index (χ0v) is 15.8. The minimum Gasteiger partial charge on any atom is -0.487 e. The van der Waals surface area contributed by atoms with Gasteiger partial charge in [0.25, 0.3) is 5.91 Å². The Kier molecular flexibility index (Phi) is 5.13. The van der Waals surface area contributed by atoms with Crippen LogP contribution >= 0.6 is 0 Å². The predicted octanol–water partition coefficient (Wildman–Crippen LogP) is 3.97. The second-order valence-corrected chi connectivity index (χ2v) is 6.68. The number of rotatable bonds is 6. The summed E-state index contributed by atoms with van der Waals surface area (Å²) < 4.78 is 10.9. The fourth-order valence-electron chi connectivity index (χ4n) is 3.34. The van der Waals surface area contributed by atoms with E-state index in [1.54, 1.807) is 25.1 Å². The number of ether oxygens (including phenoxy) is 2. The number of nitro groups is 1. The SMILES string of the molecule is CCOc1ccc(C(=O)Nc2ccc3nc(C4CCCO4)[nH]c3c2)cc1[N+](=O)[O-]. The molecule has 2 N–H and O–H groups in total. The summed E-state index contributed by atoms with van der Waals surface area (Å²) in [5.41, 5.74) is 2.05. The number of benzene rings is 2. The molecule has 0 radical (unpaired) electrons. The highest BCUT2D eigenvalue weighted by atomic mass is 16.6. The van der Waals surface area contributed by atoms with Crippen LogP contribution in [-0.4, -0.2) is 34.0 Å². The molecule has 0 saturated carbocycles. The number of anilines is 1. The molecule has 1 aliphatic rings. The molecule has 0 aliphatic carbocycles. The number of carbonyl (C=O) groups excluding carboxylic acids is 1. The minimum atomic E-state index is -0.564. The first-order valence-corrected chi connectivity index (χ1v) is 9.39. The highest BCUT2D eigenvalue weighted by molar-refractivity contribution is 6.05. The van der Waals surface area contributed by atoms with Gasteiger partial charge < -0.3 is 19.8 Å². The van der Waals surface area contributed by atoms with Gasteiger partial charge in [0, 0.05) is 23.9 Å². The van der Waals surface area contributed by atoms with Gasteiger partial charge in [-0.15, -0.1) is 0 Å². The minimum absolute atomic E-state index is 0.0233. The number of imidazole rings is 1. The maximum absolute atomic E-state index is 12.6. The summed E-state index contributed by atoms with van der Waals surface area (Å²) in [5, 5.41) is 14.0. The third-order valence-corrected chi connectivity index (χ3v) is 4.71. The van der Waals surface area contributed by atoms with E-state index in [0.717, 1.165) is 36.3 Å². The number of hydrogen-bond donors (Lipinski definition) is 2. The standard InChI is InChI=1S/C20H20N4O5/c1-2-28-17-8-5-12(10-16(17)24(26)27)20(25)21-13-6-7-14-15(11-13)23-19(22-14)18-4-3-9-29-18/h5-8,10-11,18H,2-4,9H2,1H3,(H,21,25)(H,22,23). The number of carbonyl (C=O) groups is 1. The lowest BCUT2D eigenvalue weighted by atomic mass is 10.1. The molecular weight excluding hydrogens is 376 g/mol. The van der Waals surface area contributed by atoms with Crippen molar-refractivity contribution in [3.05, 3.63) is 57.9 Å². The van der Waals surface area contributed by atoms with Crippen LogP contribution in [0.15, 0.2) is 36.4 Å². The number of nitrogens with one attached hydrogen (secondary N) is 2. The van der Waals surface area contributed by atoms with Crippen molar-refractivity contribution in [3.63, 3.8) is 0 Å². The van der Waals surface area contributed by atoms with E-state index in [1.807, 2.05) is 0 Å². The molecule has 150 valence electrons. The highest BCUT2D eigenvalue weighted by Crippen LogP contribution is 2.30. The van der Waals surface area contributed by atoms with Crippen LogP contribution in [0.5, 0.6) is 5.75 Å². The monoisotopic (exact) mass is 396 g/mol. The average molecular weight is 396 g/mol. The van der Waals surface area contributed by atoms with Crippen LogP contribution in [0.25, 0.3) is 11.0 Å². The van der Waals surface area contributed by atoms with E-state index in [0.29, 0.717) is 12.3 Å². The van der Waals surface area contributed by atoms with Crippen molar-refractivity contribution < 1.29 is 19.2 Å². The number of fused-ring (bicyclic) bond motifs is 1. The lowest BCUT2D eigenvalue weighted by Gasteiger charge is -2.08. The van der Waals surface area contributed by atoms with Crippen LogP contribution in [0, 0.1) is 10.1 Å². The van der Waals surface area contributed by atoms with Gasteiger partial charge in [-0.05, 0) is 50.1 Å². The number of aromatic nitrogens is 2. The van der Waals surface area contributed by atoms with Crippen molar-refractivity contribution in [2.75, 3.05) is 18.5 Å². The molecule has 29 heavy (non-hydrogen) atoms. The van der Waals surface area contributed by atoms with Crippen molar-refractivity contribution in [1.29, 1.82) is 0 Å². The Hall–Kier alpha value is -3.46. The predicted molar refractivity (Wildman–Crippen MR) is 106 cm³/mol. The Morgan fingerprint density at radius 2 is 2.24 bits per heavy atom. The average Bonchev–Trinajstić information content (AvgIpc) is 3.37. The Bertz CT molecular complexity index is 1070. The molecule has 1 amide bonds. The lowest BCUT2D eigenvalue weighted by molar-refractivity contribution is -0.385. The third-order valence-electron chi connectivity index (χ3n) is 4.71. The second-order valence-electron chi connectivity index (χ2n) is 6.68. The molecule has 4 rings (SSSR count). The smallest absolute Gasteiger partial charge is 0.311 e. The van der Waals surface area contributed by atoms with Gasteiger partial charge in [0.05, 0.1) is 22.6 Å². The van der Waals surface area contributed by atoms with Gasteiger partial charge in [-0.1, -0.05) is 0 Å². The topological polar surface area (TPSA) is 119 Å². The zero-order chi connectivity index (χ0) is 20.4. The van der Waals surface area contributed by atoms with Crippen molar-refractivity contribution in [1.82, 2.24) is 9.97 Å². The third kappa shape index (κ3) is 3.90. The van der Waals surface area contributed by atoms with Crippen molar-refractivity contribution in [3.8, 4) is 5.75 Å². The number of aromatic amines is 1. The van der Waals surface area contributed by atoms with Gasteiger partial charge in [0.1, 0.15) is 11.9 Å². The first kappa shape index (κ1) is 18.9. The van der Waals surface area contributed by atoms with Crippen LogP contribution in [0.3, 0.4) is 0 Å². The van der Waals surface area contributed by atoms with Crippen molar-refractivity contribution in [2.24, 2.45) is 0 Å². The number of amides is 1. The molecular formula is C20H20N4O5. The molecule has 1 unspecified atom stereocenters. The Labute approximate surface area is 166 Å². The van der Waals surface area contributed by atoms with E-state index >= 15 is 0 Å². The van der Waals surface area contributed by atoms with Gasteiger partial charge >= 0.3 is 5.69 Å². The first-order chi connectivity index (χ1) is 14.0. The number of hydrogen-bond acceptors (Lipinski definition) is 6. The van der Waals surface area contributed by atoms with Gasteiger partial charge in [0.15, 0.2) is 5.75 Å². The summed E-state index contributed by atoms with van der Waals surface area (Å²) in [6, 6.07) is 9.47. The molecule has 2 heterocycles. The maximum atomic E-state index is 12.6. The molecule has 1 aromatic heterocycles. The molecule has 9 heteroatoms. The maximum Gasteiger partial charge on any atom is 0.311 e. The summed E-state index contributed by atoms with van der Waals surface area (Å²) in [5.74, 6) is 0.465. The molecule has 9 nitrogen and oxygen atoms in total. The normalized spacial score (nSPS) is 16.1. The van der Waals surface area contributed by atoms with E-state index in [2.05, 4.69) is 15.3 Å². The molecule has 0 spiro atoms. The van der Waals surface area contributed by atoms with Crippen molar-refractivity contribution in [2.45, 2.75) is 25.9 Å². The quantitative estimate of drug-likeness (QED) is 0.480. The molecule has 0 bridgehead atoms. The Balaban J connectivity index is 1.55. The fraction of sp³-hybridized carbons (Fsp3) is 0.300. The van der Waals surface area contributed by atoms with Gasteiger partial charge in [0.2, 0.25) is 0 Å². The molecule has 2 aromatic carbocycles. The van der Waals surface area contributed by atoms with Crippen LogP contribution in [0.4, 0.5) is 11.4 Å². The van der Waals surface area contributed by atoms with Crippen LogP contribution in [0.2, 0.25) is 0 Å². The van der Waals surface area contributed by atoms with E-state index in [1.165, 1.54) is 18.2 Å².